The Morgan fingerprint density at radius 3 is 2.82 bits per heavy atom. The highest BCUT2D eigenvalue weighted by molar-refractivity contribution is 6.30. The predicted octanol–water partition coefficient (Wildman–Crippen LogP) is 2.28. The Morgan fingerprint density at radius 2 is 2.18 bits per heavy atom. The average Bonchev–Trinajstić information content (AvgIpc) is 2.28. The van der Waals surface area contributed by atoms with Crippen molar-refractivity contribution in [1.29, 1.82) is 0 Å². The second-order valence-corrected chi connectivity index (χ2v) is 4.43. The van der Waals surface area contributed by atoms with Crippen molar-refractivity contribution in [3.63, 3.8) is 0 Å². The minimum Gasteiger partial charge on any atom is -0.331 e. The van der Waals surface area contributed by atoms with Gasteiger partial charge in [-0.25, -0.2) is 4.39 Å². The van der Waals surface area contributed by atoms with Gasteiger partial charge in [0.15, 0.2) is 5.78 Å². The zero-order valence-corrected chi connectivity index (χ0v) is 9.84. The molecule has 1 aliphatic rings. The van der Waals surface area contributed by atoms with Crippen molar-refractivity contribution in [2.75, 3.05) is 13.1 Å². The van der Waals surface area contributed by atoms with E-state index in [2.05, 4.69) is 0 Å². The molecule has 0 aliphatic carbocycles. The molecule has 90 valence electrons. The number of hydrogen-bond acceptors (Lipinski definition) is 2. The van der Waals surface area contributed by atoms with Crippen molar-refractivity contribution in [1.82, 2.24) is 4.90 Å². The van der Waals surface area contributed by atoms with E-state index >= 15 is 0 Å². The molecule has 0 spiro atoms. The maximum atomic E-state index is 13.5. The number of hydrogen-bond donors (Lipinski definition) is 0. The maximum absolute atomic E-state index is 13.5. The molecule has 17 heavy (non-hydrogen) atoms. The molecular formula is C12H11ClFNO2. The van der Waals surface area contributed by atoms with Gasteiger partial charge < -0.3 is 4.90 Å². The van der Waals surface area contributed by atoms with Crippen LogP contribution in [0.4, 0.5) is 4.39 Å². The van der Waals surface area contributed by atoms with E-state index in [0.717, 1.165) is 6.07 Å². The zero-order chi connectivity index (χ0) is 12.4. The van der Waals surface area contributed by atoms with Crippen molar-refractivity contribution in [2.24, 2.45) is 0 Å². The first-order chi connectivity index (χ1) is 8.08. The normalized spacial score (nSPS) is 16.1. The molecule has 0 saturated carbocycles. The minimum atomic E-state index is -0.652. The highest BCUT2D eigenvalue weighted by atomic mass is 35.5. The summed E-state index contributed by atoms with van der Waals surface area (Å²) >= 11 is 5.61. The number of nitrogens with zero attached hydrogens (tertiary/aromatic N) is 1. The van der Waals surface area contributed by atoms with Crippen LogP contribution in [0.1, 0.15) is 23.2 Å². The van der Waals surface area contributed by atoms with Crippen molar-refractivity contribution < 1.29 is 14.0 Å². The van der Waals surface area contributed by atoms with Crippen molar-refractivity contribution in [3.05, 3.63) is 34.6 Å². The number of rotatable bonds is 1. The van der Waals surface area contributed by atoms with Crippen LogP contribution in [-0.4, -0.2) is 29.7 Å². The predicted molar refractivity (Wildman–Crippen MR) is 61.6 cm³/mol. The standard InChI is InChI=1S/C12H11ClFNO2/c13-8-3-4-10(11(14)6-8)12(17)15-5-1-2-9(16)7-15/h3-4,6H,1-2,5,7H2. The second-order valence-electron chi connectivity index (χ2n) is 3.99. The summed E-state index contributed by atoms with van der Waals surface area (Å²) in [4.78, 5) is 24.6. The zero-order valence-electron chi connectivity index (χ0n) is 9.08. The van der Waals surface area contributed by atoms with E-state index < -0.39 is 11.7 Å². The Kier molecular flexibility index (Phi) is 3.43. The van der Waals surface area contributed by atoms with Crippen LogP contribution in [0.25, 0.3) is 0 Å². The Bertz CT molecular complexity index is 476. The quantitative estimate of drug-likeness (QED) is 0.772. The molecule has 2 rings (SSSR count). The first kappa shape index (κ1) is 12.0. The summed E-state index contributed by atoms with van der Waals surface area (Å²) in [5.74, 6) is -1.09. The van der Waals surface area contributed by atoms with E-state index in [9.17, 15) is 14.0 Å². The fourth-order valence-electron chi connectivity index (χ4n) is 1.84. The average molecular weight is 256 g/mol. The number of carbonyl (C=O) groups is 2. The molecule has 1 amide bonds. The smallest absolute Gasteiger partial charge is 0.257 e. The van der Waals surface area contributed by atoms with E-state index in [1.54, 1.807) is 0 Å². The third kappa shape index (κ3) is 2.64. The highest BCUT2D eigenvalue weighted by Crippen LogP contribution is 2.18. The van der Waals surface area contributed by atoms with Gasteiger partial charge in [0.2, 0.25) is 0 Å². The molecule has 1 aromatic rings. The summed E-state index contributed by atoms with van der Waals surface area (Å²) < 4.78 is 13.5. The SMILES string of the molecule is O=C1CCCN(C(=O)c2ccc(Cl)cc2F)C1. The van der Waals surface area contributed by atoms with Gasteiger partial charge in [0.05, 0.1) is 12.1 Å². The number of benzene rings is 1. The van der Waals surface area contributed by atoms with Gasteiger partial charge in [0.25, 0.3) is 5.91 Å². The minimum absolute atomic E-state index is 0.0129. The third-order valence-electron chi connectivity index (χ3n) is 2.70. The largest absolute Gasteiger partial charge is 0.331 e. The van der Waals surface area contributed by atoms with E-state index in [4.69, 9.17) is 11.6 Å². The Morgan fingerprint density at radius 1 is 1.41 bits per heavy atom. The van der Waals surface area contributed by atoms with Crippen molar-refractivity contribution in [3.8, 4) is 0 Å². The van der Waals surface area contributed by atoms with Crippen LogP contribution in [0.3, 0.4) is 0 Å². The lowest BCUT2D eigenvalue weighted by molar-refractivity contribution is -0.121. The van der Waals surface area contributed by atoms with Crippen LogP contribution in [0.2, 0.25) is 5.02 Å². The Balaban J connectivity index is 2.21. The molecule has 5 heteroatoms. The van der Waals surface area contributed by atoms with Gasteiger partial charge in [0, 0.05) is 18.0 Å². The number of carbonyl (C=O) groups excluding carboxylic acids is 2. The Labute approximate surface area is 103 Å². The second kappa shape index (κ2) is 4.84. The number of amides is 1. The summed E-state index contributed by atoms with van der Waals surface area (Å²) in [6.07, 6.45) is 1.13. The number of halogens is 2. The van der Waals surface area contributed by atoms with Crippen LogP contribution < -0.4 is 0 Å². The van der Waals surface area contributed by atoms with E-state index in [1.165, 1.54) is 17.0 Å². The van der Waals surface area contributed by atoms with Gasteiger partial charge >= 0.3 is 0 Å². The molecule has 1 aliphatic heterocycles. The van der Waals surface area contributed by atoms with Crippen LogP contribution in [0, 0.1) is 5.82 Å². The molecule has 0 unspecified atom stereocenters. The summed E-state index contributed by atoms with van der Waals surface area (Å²) in [5, 5.41) is 0.244. The fourth-order valence-corrected chi connectivity index (χ4v) is 2.00. The topological polar surface area (TPSA) is 37.4 Å². The van der Waals surface area contributed by atoms with Crippen molar-refractivity contribution in [2.45, 2.75) is 12.8 Å². The van der Waals surface area contributed by atoms with Gasteiger partial charge in [0.1, 0.15) is 5.82 Å². The molecule has 0 radical (unpaired) electrons. The van der Waals surface area contributed by atoms with Gasteiger partial charge in [-0.05, 0) is 24.6 Å². The monoisotopic (exact) mass is 255 g/mol. The fraction of sp³-hybridized carbons (Fsp3) is 0.333. The summed E-state index contributed by atoms with van der Waals surface area (Å²) in [5.41, 5.74) is -0.0379. The lowest BCUT2D eigenvalue weighted by Crippen LogP contribution is -2.40. The van der Waals surface area contributed by atoms with Crippen LogP contribution in [0.15, 0.2) is 18.2 Å². The van der Waals surface area contributed by atoms with E-state index in [-0.39, 0.29) is 22.9 Å². The number of Topliss-reactive ketones (excluding diaryl/α,β-unsaturated/α-hetero) is 1. The molecule has 0 atom stereocenters. The van der Waals surface area contributed by atoms with Gasteiger partial charge in [-0.3, -0.25) is 9.59 Å². The molecule has 0 bridgehead atoms. The molecule has 1 saturated heterocycles. The summed E-state index contributed by atoms with van der Waals surface area (Å²) in [6.45, 7) is 0.563. The summed E-state index contributed by atoms with van der Waals surface area (Å²) in [6, 6.07) is 3.91. The Hall–Kier alpha value is -1.42. The van der Waals surface area contributed by atoms with Gasteiger partial charge in [-0.1, -0.05) is 11.6 Å². The van der Waals surface area contributed by atoms with E-state index in [0.29, 0.717) is 19.4 Å². The number of piperidine rings is 1. The first-order valence-electron chi connectivity index (χ1n) is 5.34. The van der Waals surface area contributed by atoms with Crippen LogP contribution >= 0.6 is 11.6 Å². The molecule has 1 heterocycles. The molecule has 1 fully saturated rings. The lowest BCUT2D eigenvalue weighted by Gasteiger charge is -2.25. The van der Waals surface area contributed by atoms with Gasteiger partial charge in [-0.15, -0.1) is 0 Å². The van der Waals surface area contributed by atoms with Crippen molar-refractivity contribution >= 4 is 23.3 Å². The lowest BCUT2D eigenvalue weighted by atomic mass is 10.1. The molecule has 0 N–H and O–H groups in total. The maximum Gasteiger partial charge on any atom is 0.257 e. The molecule has 1 aromatic carbocycles. The van der Waals surface area contributed by atoms with Crippen LogP contribution in [-0.2, 0) is 4.79 Å². The third-order valence-corrected chi connectivity index (χ3v) is 2.93. The summed E-state index contributed by atoms with van der Waals surface area (Å²) in [7, 11) is 0. The van der Waals surface area contributed by atoms with Gasteiger partial charge in [-0.2, -0.15) is 0 Å². The van der Waals surface area contributed by atoms with E-state index in [1.807, 2.05) is 0 Å². The highest BCUT2D eigenvalue weighted by Gasteiger charge is 2.24. The molecule has 0 aromatic heterocycles. The first-order valence-corrected chi connectivity index (χ1v) is 5.72. The molecule has 3 nitrogen and oxygen atoms in total. The number of ketones is 1. The number of likely N-dealkylation sites (tertiary alicyclic amines) is 1. The van der Waals surface area contributed by atoms with Crippen LogP contribution in [0.5, 0.6) is 0 Å². The molecular weight excluding hydrogens is 245 g/mol.